The molecule has 3 nitrogen and oxygen atoms in total. The summed E-state index contributed by atoms with van der Waals surface area (Å²) >= 11 is 0. The molecule has 1 amide bonds. The Morgan fingerprint density at radius 2 is 2.08 bits per heavy atom. The van der Waals surface area contributed by atoms with E-state index in [0.717, 1.165) is 19.5 Å². The molecule has 1 atom stereocenters. The fraction of sp³-hybridized carbons (Fsp3) is 0.889. The Bertz CT molecular complexity index is 136. The first-order valence-electron chi connectivity index (χ1n) is 4.64. The summed E-state index contributed by atoms with van der Waals surface area (Å²) in [6, 6.07) is 0. The summed E-state index contributed by atoms with van der Waals surface area (Å²) in [5, 5.41) is 2.66. The van der Waals surface area contributed by atoms with Crippen LogP contribution in [0.15, 0.2) is 0 Å². The van der Waals surface area contributed by atoms with Gasteiger partial charge in [-0.3, -0.25) is 4.79 Å². The smallest absolute Gasteiger partial charge is 0.224 e. The van der Waals surface area contributed by atoms with E-state index in [-0.39, 0.29) is 11.8 Å². The van der Waals surface area contributed by atoms with Crippen molar-refractivity contribution in [2.45, 2.75) is 20.3 Å². The standard InChI is InChI=1S/C7H14N2O.C2H6/c1-8-7(10)6-3-4-9(2)5-6;1-2/h6H,3-5H2,1-2H3,(H,8,10);1-2H3. The van der Waals surface area contributed by atoms with Crippen LogP contribution >= 0.6 is 0 Å². The van der Waals surface area contributed by atoms with Crippen LogP contribution in [0.25, 0.3) is 0 Å². The molecule has 0 aliphatic carbocycles. The molecule has 1 aliphatic heterocycles. The van der Waals surface area contributed by atoms with E-state index in [4.69, 9.17) is 0 Å². The number of hydrogen-bond donors (Lipinski definition) is 1. The summed E-state index contributed by atoms with van der Waals surface area (Å²) in [7, 11) is 3.74. The van der Waals surface area contributed by atoms with Gasteiger partial charge in [-0.15, -0.1) is 0 Å². The number of nitrogens with zero attached hydrogens (tertiary/aromatic N) is 1. The number of hydrogen-bond acceptors (Lipinski definition) is 2. The molecule has 1 rings (SSSR count). The van der Waals surface area contributed by atoms with Crippen LogP contribution in [0.1, 0.15) is 20.3 Å². The molecule has 72 valence electrons. The van der Waals surface area contributed by atoms with Crippen molar-refractivity contribution in [1.29, 1.82) is 0 Å². The van der Waals surface area contributed by atoms with Crippen molar-refractivity contribution in [2.24, 2.45) is 5.92 Å². The number of rotatable bonds is 1. The molecule has 1 N–H and O–H groups in total. The van der Waals surface area contributed by atoms with Gasteiger partial charge in [0.2, 0.25) is 5.91 Å². The number of carbonyl (C=O) groups excluding carboxylic acids is 1. The molecule has 12 heavy (non-hydrogen) atoms. The summed E-state index contributed by atoms with van der Waals surface area (Å²) in [5.74, 6) is 0.416. The van der Waals surface area contributed by atoms with Gasteiger partial charge in [-0.05, 0) is 20.0 Å². The number of likely N-dealkylation sites (tertiary alicyclic amines) is 1. The molecule has 0 aromatic heterocycles. The predicted molar refractivity (Wildman–Crippen MR) is 51.0 cm³/mol. The molecule has 1 saturated heterocycles. The van der Waals surface area contributed by atoms with E-state index >= 15 is 0 Å². The van der Waals surface area contributed by atoms with Crippen LogP contribution in [-0.2, 0) is 4.79 Å². The Morgan fingerprint density at radius 3 is 2.42 bits per heavy atom. The highest BCUT2D eigenvalue weighted by molar-refractivity contribution is 5.78. The van der Waals surface area contributed by atoms with Crippen molar-refractivity contribution in [3.05, 3.63) is 0 Å². The second-order valence-electron chi connectivity index (χ2n) is 2.86. The van der Waals surface area contributed by atoms with Gasteiger partial charge in [0, 0.05) is 13.6 Å². The predicted octanol–water partition coefficient (Wildman–Crippen LogP) is 0.710. The molecule has 0 radical (unpaired) electrons. The van der Waals surface area contributed by atoms with Crippen LogP contribution in [0, 0.1) is 5.92 Å². The highest BCUT2D eigenvalue weighted by Crippen LogP contribution is 2.13. The third-order valence-electron chi connectivity index (χ3n) is 2.01. The monoisotopic (exact) mass is 172 g/mol. The summed E-state index contributed by atoms with van der Waals surface area (Å²) in [6.45, 7) is 5.97. The minimum atomic E-state index is 0.185. The van der Waals surface area contributed by atoms with Crippen molar-refractivity contribution >= 4 is 5.91 Å². The van der Waals surface area contributed by atoms with E-state index in [1.165, 1.54) is 0 Å². The summed E-state index contributed by atoms with van der Waals surface area (Å²) < 4.78 is 0. The molecular weight excluding hydrogens is 152 g/mol. The lowest BCUT2D eigenvalue weighted by Crippen LogP contribution is -2.29. The zero-order valence-corrected chi connectivity index (χ0v) is 8.55. The van der Waals surface area contributed by atoms with Gasteiger partial charge in [0.15, 0.2) is 0 Å². The van der Waals surface area contributed by atoms with Gasteiger partial charge in [-0.2, -0.15) is 0 Å². The SMILES string of the molecule is CC.CNC(=O)C1CCN(C)C1. The summed E-state index contributed by atoms with van der Waals surface area (Å²) in [4.78, 5) is 13.2. The highest BCUT2D eigenvalue weighted by Gasteiger charge is 2.24. The third-order valence-corrected chi connectivity index (χ3v) is 2.01. The zero-order valence-electron chi connectivity index (χ0n) is 8.55. The van der Waals surface area contributed by atoms with E-state index in [1.807, 2.05) is 20.9 Å². The van der Waals surface area contributed by atoms with E-state index in [2.05, 4.69) is 10.2 Å². The molecule has 1 unspecified atom stereocenters. The Kier molecular flexibility index (Phi) is 5.72. The Balaban J connectivity index is 0.000000561. The average Bonchev–Trinajstić information content (AvgIpc) is 2.54. The topological polar surface area (TPSA) is 32.3 Å². The zero-order chi connectivity index (χ0) is 9.56. The van der Waals surface area contributed by atoms with Gasteiger partial charge in [0.05, 0.1) is 5.92 Å². The second-order valence-corrected chi connectivity index (χ2v) is 2.86. The fourth-order valence-corrected chi connectivity index (χ4v) is 1.35. The molecule has 1 heterocycles. The molecule has 0 bridgehead atoms. The number of carbonyl (C=O) groups is 1. The fourth-order valence-electron chi connectivity index (χ4n) is 1.35. The van der Waals surface area contributed by atoms with Crippen molar-refractivity contribution in [3.8, 4) is 0 Å². The first-order chi connectivity index (χ1) is 5.74. The number of nitrogens with one attached hydrogen (secondary N) is 1. The van der Waals surface area contributed by atoms with Crippen molar-refractivity contribution in [3.63, 3.8) is 0 Å². The molecule has 0 saturated carbocycles. The largest absolute Gasteiger partial charge is 0.359 e. The maximum Gasteiger partial charge on any atom is 0.224 e. The molecular formula is C9H20N2O. The van der Waals surface area contributed by atoms with Gasteiger partial charge in [0.25, 0.3) is 0 Å². The van der Waals surface area contributed by atoms with Gasteiger partial charge >= 0.3 is 0 Å². The average molecular weight is 172 g/mol. The maximum absolute atomic E-state index is 11.0. The van der Waals surface area contributed by atoms with Gasteiger partial charge in [-0.25, -0.2) is 0 Å². The van der Waals surface area contributed by atoms with Gasteiger partial charge in [-0.1, -0.05) is 13.8 Å². The maximum atomic E-state index is 11.0. The van der Waals surface area contributed by atoms with Gasteiger partial charge in [0.1, 0.15) is 0 Å². The summed E-state index contributed by atoms with van der Waals surface area (Å²) in [5.41, 5.74) is 0. The van der Waals surface area contributed by atoms with Crippen molar-refractivity contribution in [1.82, 2.24) is 10.2 Å². The molecule has 0 aromatic rings. The first-order valence-corrected chi connectivity index (χ1v) is 4.64. The van der Waals surface area contributed by atoms with E-state index in [9.17, 15) is 4.79 Å². The molecule has 0 spiro atoms. The number of amides is 1. The van der Waals surface area contributed by atoms with E-state index in [0.29, 0.717) is 0 Å². The second kappa shape index (κ2) is 6.00. The summed E-state index contributed by atoms with van der Waals surface area (Å²) in [6.07, 6.45) is 1.01. The van der Waals surface area contributed by atoms with E-state index < -0.39 is 0 Å². The lowest BCUT2D eigenvalue weighted by molar-refractivity contribution is -0.124. The van der Waals surface area contributed by atoms with Gasteiger partial charge < -0.3 is 10.2 Å². The third kappa shape index (κ3) is 3.22. The van der Waals surface area contributed by atoms with Crippen LogP contribution in [0.5, 0.6) is 0 Å². The Hall–Kier alpha value is -0.570. The molecule has 3 heteroatoms. The molecule has 1 aliphatic rings. The van der Waals surface area contributed by atoms with Crippen molar-refractivity contribution < 1.29 is 4.79 Å². The Morgan fingerprint density at radius 1 is 1.50 bits per heavy atom. The Labute approximate surface area is 75.1 Å². The lowest BCUT2D eigenvalue weighted by atomic mass is 10.1. The molecule has 1 fully saturated rings. The van der Waals surface area contributed by atoms with Crippen LogP contribution in [-0.4, -0.2) is 38.0 Å². The first kappa shape index (κ1) is 11.4. The van der Waals surface area contributed by atoms with Crippen LogP contribution in [0.2, 0.25) is 0 Å². The minimum Gasteiger partial charge on any atom is -0.359 e. The van der Waals surface area contributed by atoms with Crippen molar-refractivity contribution in [2.75, 3.05) is 27.2 Å². The van der Waals surface area contributed by atoms with Crippen LogP contribution < -0.4 is 5.32 Å². The normalized spacial score (nSPS) is 22.8. The quantitative estimate of drug-likeness (QED) is 0.632. The molecule has 0 aromatic carbocycles. The minimum absolute atomic E-state index is 0.185. The van der Waals surface area contributed by atoms with Crippen LogP contribution in [0.4, 0.5) is 0 Å². The van der Waals surface area contributed by atoms with Crippen LogP contribution in [0.3, 0.4) is 0 Å². The highest BCUT2D eigenvalue weighted by atomic mass is 16.1. The van der Waals surface area contributed by atoms with E-state index in [1.54, 1.807) is 7.05 Å². The lowest BCUT2D eigenvalue weighted by Gasteiger charge is -2.07.